The normalized spacial score (nSPS) is 11.2. The van der Waals surface area contributed by atoms with E-state index >= 15 is 0 Å². The smallest absolute Gasteiger partial charge is 0.231 e. The predicted molar refractivity (Wildman–Crippen MR) is 55.1 cm³/mol. The summed E-state index contributed by atoms with van der Waals surface area (Å²) in [6.07, 6.45) is 0.838. The van der Waals surface area contributed by atoms with Crippen LogP contribution in [0.15, 0.2) is 12.1 Å². The zero-order valence-corrected chi connectivity index (χ0v) is 8.32. The molecule has 0 spiro atoms. The zero-order chi connectivity index (χ0) is 11.4. The lowest BCUT2D eigenvalue weighted by atomic mass is 10.1. The second-order valence-corrected chi connectivity index (χ2v) is 3.05. The Morgan fingerprint density at radius 3 is 2.81 bits per heavy atom. The number of rotatable bonds is 1. The lowest BCUT2D eigenvalue weighted by Gasteiger charge is -1.99. The molecule has 1 aliphatic heterocycles. The molecule has 0 saturated carbocycles. The number of carbonyl (C=O) groups is 1. The lowest BCUT2D eigenvalue weighted by Crippen LogP contribution is -1.92. The molecule has 0 unspecified atom stereocenters. The Bertz CT molecular complexity index is 532. The molecule has 1 aromatic carbocycles. The first-order chi connectivity index (χ1) is 7.85. The molecule has 16 heavy (non-hydrogen) atoms. The van der Waals surface area contributed by atoms with E-state index in [1.807, 2.05) is 6.07 Å². The second-order valence-electron chi connectivity index (χ2n) is 3.05. The van der Waals surface area contributed by atoms with Gasteiger partial charge in [-0.25, -0.2) is 0 Å². The van der Waals surface area contributed by atoms with Gasteiger partial charge in [-0.3, -0.25) is 4.79 Å². The molecule has 0 N–H and O–H groups in total. The fourth-order valence-electron chi connectivity index (χ4n) is 1.34. The van der Waals surface area contributed by atoms with Gasteiger partial charge in [0.1, 0.15) is 0 Å². The van der Waals surface area contributed by atoms with Gasteiger partial charge in [0.25, 0.3) is 0 Å². The molecule has 4 nitrogen and oxygen atoms in total. The number of fused-ring (bicyclic) bond motifs is 1. The number of hydrogen-bond acceptors (Lipinski definition) is 4. The minimum Gasteiger partial charge on any atom is -0.454 e. The maximum atomic E-state index is 10.8. The van der Waals surface area contributed by atoms with Crippen molar-refractivity contribution in [1.82, 2.24) is 0 Å². The summed E-state index contributed by atoms with van der Waals surface area (Å²) in [4.78, 5) is 10.8. The van der Waals surface area contributed by atoms with E-state index in [4.69, 9.17) is 14.7 Å². The largest absolute Gasteiger partial charge is 0.454 e. The van der Waals surface area contributed by atoms with E-state index in [1.165, 1.54) is 0 Å². The second kappa shape index (κ2) is 4.37. The van der Waals surface area contributed by atoms with Crippen molar-refractivity contribution in [3.63, 3.8) is 0 Å². The van der Waals surface area contributed by atoms with Crippen LogP contribution in [0.25, 0.3) is 0 Å². The summed E-state index contributed by atoms with van der Waals surface area (Å²) in [7, 11) is 0. The van der Waals surface area contributed by atoms with E-state index in [0.717, 1.165) is 0 Å². The number of ether oxygens (including phenoxy) is 2. The highest BCUT2D eigenvalue weighted by Gasteiger charge is 2.15. The first-order valence-electron chi connectivity index (χ1n) is 4.60. The van der Waals surface area contributed by atoms with Crippen LogP contribution in [0, 0.1) is 23.2 Å². The van der Waals surface area contributed by atoms with Crippen LogP contribution in [0.4, 0.5) is 0 Å². The highest BCUT2D eigenvalue weighted by atomic mass is 16.7. The highest BCUT2D eigenvalue weighted by Crippen LogP contribution is 2.34. The van der Waals surface area contributed by atoms with Crippen LogP contribution in [0.1, 0.15) is 22.3 Å². The van der Waals surface area contributed by atoms with Gasteiger partial charge in [-0.1, -0.05) is 11.8 Å². The van der Waals surface area contributed by atoms with Gasteiger partial charge in [0.05, 0.1) is 12.5 Å². The molecule has 0 atom stereocenters. The summed E-state index contributed by atoms with van der Waals surface area (Å²) in [5.41, 5.74) is 0.990. The van der Waals surface area contributed by atoms with Crippen molar-refractivity contribution >= 4 is 6.29 Å². The molecule has 4 heteroatoms. The zero-order valence-electron chi connectivity index (χ0n) is 8.32. The molecular formula is C12H7NO3. The monoisotopic (exact) mass is 213 g/mol. The SMILES string of the molecule is N#CCC#Cc1cc2c(cc1C=O)OCO2. The number of aldehydes is 1. The number of benzene rings is 1. The van der Waals surface area contributed by atoms with Crippen LogP contribution in [-0.2, 0) is 0 Å². The first-order valence-corrected chi connectivity index (χ1v) is 4.60. The Morgan fingerprint density at radius 1 is 1.38 bits per heavy atom. The third-order valence-corrected chi connectivity index (χ3v) is 2.06. The standard InChI is InChI=1S/C12H7NO3/c13-4-2-1-3-9-5-11-12(16-8-15-11)6-10(9)7-14/h5-7H,2,8H2. The Morgan fingerprint density at radius 2 is 2.12 bits per heavy atom. The summed E-state index contributed by atoms with van der Waals surface area (Å²) in [5.74, 6) is 6.53. The molecule has 1 heterocycles. The minimum absolute atomic E-state index is 0.132. The molecule has 0 fully saturated rings. The van der Waals surface area contributed by atoms with Crippen molar-refractivity contribution in [2.75, 3.05) is 6.79 Å². The van der Waals surface area contributed by atoms with Gasteiger partial charge in [0.2, 0.25) is 6.79 Å². The minimum atomic E-state index is 0.132. The predicted octanol–water partition coefficient (Wildman–Crippen LogP) is 1.49. The van der Waals surface area contributed by atoms with Crippen molar-refractivity contribution in [2.24, 2.45) is 0 Å². The molecule has 0 radical (unpaired) electrons. The van der Waals surface area contributed by atoms with E-state index in [2.05, 4.69) is 11.8 Å². The Hall–Kier alpha value is -2.46. The average Bonchev–Trinajstić information content (AvgIpc) is 2.75. The summed E-state index contributed by atoms with van der Waals surface area (Å²) < 4.78 is 10.3. The Balaban J connectivity index is 2.42. The molecule has 1 aliphatic rings. The number of hydrogen-bond donors (Lipinski definition) is 0. The van der Waals surface area contributed by atoms with Crippen LogP contribution in [0.2, 0.25) is 0 Å². The van der Waals surface area contributed by atoms with E-state index in [-0.39, 0.29) is 13.2 Å². The molecule has 0 amide bonds. The third-order valence-electron chi connectivity index (χ3n) is 2.06. The van der Waals surface area contributed by atoms with Crippen molar-refractivity contribution in [1.29, 1.82) is 5.26 Å². The van der Waals surface area contributed by atoms with Crippen molar-refractivity contribution in [3.05, 3.63) is 23.3 Å². The fraction of sp³-hybridized carbons (Fsp3) is 0.167. The van der Waals surface area contributed by atoms with E-state index in [9.17, 15) is 4.79 Å². The lowest BCUT2D eigenvalue weighted by molar-refractivity contribution is 0.112. The molecule has 0 aromatic heterocycles. The quantitative estimate of drug-likeness (QED) is 0.523. The molecule has 2 rings (SSSR count). The van der Waals surface area contributed by atoms with Gasteiger partial charge in [0, 0.05) is 17.2 Å². The summed E-state index contributed by atoms with van der Waals surface area (Å²) in [6, 6.07) is 5.15. The van der Waals surface area contributed by atoms with Gasteiger partial charge >= 0.3 is 0 Å². The maximum Gasteiger partial charge on any atom is 0.231 e. The van der Waals surface area contributed by atoms with Gasteiger partial charge in [-0.2, -0.15) is 5.26 Å². The van der Waals surface area contributed by atoms with E-state index < -0.39 is 0 Å². The number of carbonyl (C=O) groups excluding carboxylic acids is 1. The summed E-state index contributed by atoms with van der Waals surface area (Å²) >= 11 is 0. The van der Waals surface area contributed by atoms with Gasteiger partial charge in [-0.15, -0.1) is 0 Å². The Labute approximate surface area is 92.4 Å². The maximum absolute atomic E-state index is 10.8. The third kappa shape index (κ3) is 1.82. The van der Waals surface area contributed by atoms with Crippen LogP contribution < -0.4 is 9.47 Å². The van der Waals surface area contributed by atoms with Crippen molar-refractivity contribution in [3.8, 4) is 29.4 Å². The van der Waals surface area contributed by atoms with Crippen molar-refractivity contribution < 1.29 is 14.3 Å². The van der Waals surface area contributed by atoms with Crippen LogP contribution >= 0.6 is 0 Å². The van der Waals surface area contributed by atoms with Gasteiger partial charge in [0.15, 0.2) is 17.8 Å². The molecule has 78 valence electrons. The summed E-state index contributed by atoms with van der Waals surface area (Å²) in [6.45, 7) is 0.155. The van der Waals surface area contributed by atoms with Crippen LogP contribution in [-0.4, -0.2) is 13.1 Å². The first kappa shape index (κ1) is 10.1. The molecule has 1 aromatic rings. The Kier molecular flexibility index (Phi) is 2.75. The summed E-state index contributed by atoms with van der Waals surface area (Å²) in [5, 5.41) is 8.36. The highest BCUT2D eigenvalue weighted by molar-refractivity contribution is 5.81. The molecule has 0 aliphatic carbocycles. The topological polar surface area (TPSA) is 59.3 Å². The number of nitrogens with zero attached hydrogens (tertiary/aromatic N) is 1. The molecule has 0 saturated heterocycles. The van der Waals surface area contributed by atoms with Gasteiger partial charge < -0.3 is 9.47 Å². The molecular weight excluding hydrogens is 206 g/mol. The fourth-order valence-corrected chi connectivity index (χ4v) is 1.34. The van der Waals surface area contributed by atoms with Crippen LogP contribution in [0.5, 0.6) is 11.5 Å². The number of nitriles is 1. The van der Waals surface area contributed by atoms with E-state index in [1.54, 1.807) is 12.1 Å². The average molecular weight is 213 g/mol. The molecule has 0 bridgehead atoms. The van der Waals surface area contributed by atoms with Gasteiger partial charge in [-0.05, 0) is 6.07 Å². The van der Waals surface area contributed by atoms with Crippen molar-refractivity contribution in [2.45, 2.75) is 6.42 Å². The van der Waals surface area contributed by atoms with E-state index in [0.29, 0.717) is 28.9 Å². The van der Waals surface area contributed by atoms with Crippen LogP contribution in [0.3, 0.4) is 0 Å².